The second kappa shape index (κ2) is 12.2. The van der Waals surface area contributed by atoms with E-state index in [0.29, 0.717) is 6.42 Å². The molecule has 0 saturated carbocycles. The van der Waals surface area contributed by atoms with Crippen molar-refractivity contribution in [2.75, 3.05) is 24.5 Å². The fourth-order valence-corrected chi connectivity index (χ4v) is 4.54. The van der Waals surface area contributed by atoms with Gasteiger partial charge in [0.2, 0.25) is 0 Å². The third-order valence-corrected chi connectivity index (χ3v) is 6.34. The third-order valence-electron chi connectivity index (χ3n) is 6.34. The zero-order valence-electron chi connectivity index (χ0n) is 18.9. The van der Waals surface area contributed by atoms with E-state index in [1.807, 2.05) is 0 Å². The van der Waals surface area contributed by atoms with Crippen molar-refractivity contribution in [1.82, 2.24) is 4.90 Å². The Morgan fingerprint density at radius 1 is 0.765 bits per heavy atom. The second-order valence-electron chi connectivity index (χ2n) is 8.61. The van der Waals surface area contributed by atoms with Gasteiger partial charge in [0.1, 0.15) is 17.5 Å². The average Bonchev–Trinajstić information content (AvgIpc) is 2.83. The van der Waals surface area contributed by atoms with E-state index in [1.54, 1.807) is 36.4 Å². The number of hydrogen-bond donors (Lipinski definition) is 1. The molecule has 0 spiro atoms. The second-order valence-corrected chi connectivity index (χ2v) is 8.61. The molecule has 0 radical (unpaired) electrons. The number of halogens is 4. The Labute approximate surface area is 205 Å². The number of benzene rings is 3. The number of aliphatic hydroxyl groups is 1. The van der Waals surface area contributed by atoms with Gasteiger partial charge in [-0.25, -0.2) is 13.2 Å². The molecule has 1 N–H and O–H groups in total. The van der Waals surface area contributed by atoms with Gasteiger partial charge < -0.3 is 14.9 Å². The number of aliphatic hydroxyl groups excluding tert-OH is 1. The highest BCUT2D eigenvalue weighted by atomic mass is 35.5. The predicted molar refractivity (Wildman–Crippen MR) is 132 cm³/mol. The van der Waals surface area contributed by atoms with Crippen LogP contribution in [-0.2, 0) is 0 Å². The summed E-state index contributed by atoms with van der Waals surface area (Å²) in [5.74, 6) is -0.866. The number of nitrogens with zero attached hydrogens (tertiary/aromatic N) is 2. The molecule has 3 nitrogen and oxygen atoms in total. The van der Waals surface area contributed by atoms with E-state index >= 15 is 0 Å². The lowest BCUT2D eigenvalue weighted by Crippen LogP contribution is -2.43. The molecule has 182 valence electrons. The molecule has 1 saturated heterocycles. The van der Waals surface area contributed by atoms with Crippen molar-refractivity contribution in [2.45, 2.75) is 37.8 Å². The van der Waals surface area contributed by atoms with Crippen molar-refractivity contribution in [2.24, 2.45) is 0 Å². The molecular formula is C27H30ClF3N2O. The van der Waals surface area contributed by atoms with Crippen LogP contribution in [0.1, 0.15) is 37.4 Å². The number of likely N-dealkylation sites (tertiary alicyclic amines) is 1. The Morgan fingerprint density at radius 3 is 1.68 bits per heavy atom. The van der Waals surface area contributed by atoms with Crippen molar-refractivity contribution >= 4 is 23.8 Å². The minimum absolute atomic E-state index is 0. The van der Waals surface area contributed by atoms with Gasteiger partial charge in [-0.05, 0) is 98.5 Å². The van der Waals surface area contributed by atoms with Crippen LogP contribution in [0.2, 0.25) is 0 Å². The number of anilines is 2. The maximum atomic E-state index is 13.5. The van der Waals surface area contributed by atoms with Crippen molar-refractivity contribution < 1.29 is 18.3 Å². The van der Waals surface area contributed by atoms with E-state index in [4.69, 9.17) is 0 Å². The van der Waals surface area contributed by atoms with E-state index in [2.05, 4.69) is 9.80 Å². The van der Waals surface area contributed by atoms with Crippen molar-refractivity contribution in [3.05, 3.63) is 95.8 Å². The first-order valence-corrected chi connectivity index (χ1v) is 11.5. The maximum absolute atomic E-state index is 13.5. The van der Waals surface area contributed by atoms with Gasteiger partial charge in [0.15, 0.2) is 0 Å². The first-order valence-electron chi connectivity index (χ1n) is 11.5. The highest BCUT2D eigenvalue weighted by Crippen LogP contribution is 2.32. The summed E-state index contributed by atoms with van der Waals surface area (Å²) in [6, 6.07) is 19.1. The summed E-state index contributed by atoms with van der Waals surface area (Å²) in [7, 11) is 0. The van der Waals surface area contributed by atoms with Crippen LogP contribution < -0.4 is 4.90 Å². The number of rotatable bonds is 8. The summed E-state index contributed by atoms with van der Waals surface area (Å²) >= 11 is 0. The Bertz CT molecular complexity index is 962. The highest BCUT2D eigenvalue weighted by Gasteiger charge is 2.26. The normalized spacial score (nSPS) is 15.5. The molecule has 0 bridgehead atoms. The lowest BCUT2D eigenvalue weighted by atomic mass is 10.00. The minimum Gasteiger partial charge on any atom is -0.388 e. The molecule has 1 aliphatic rings. The van der Waals surface area contributed by atoms with Gasteiger partial charge in [0, 0.05) is 30.5 Å². The van der Waals surface area contributed by atoms with Crippen LogP contribution >= 0.6 is 12.4 Å². The Balaban J connectivity index is 0.00000324. The van der Waals surface area contributed by atoms with Gasteiger partial charge >= 0.3 is 0 Å². The van der Waals surface area contributed by atoms with Gasteiger partial charge in [0.25, 0.3) is 0 Å². The van der Waals surface area contributed by atoms with E-state index < -0.39 is 6.10 Å². The zero-order chi connectivity index (χ0) is 23.2. The van der Waals surface area contributed by atoms with Crippen LogP contribution in [0.5, 0.6) is 0 Å². The molecular weight excluding hydrogens is 461 g/mol. The lowest BCUT2D eigenvalue weighted by molar-refractivity contribution is 0.148. The minimum atomic E-state index is -0.587. The van der Waals surface area contributed by atoms with Gasteiger partial charge in [-0.3, -0.25) is 0 Å². The quantitative estimate of drug-likeness (QED) is 0.383. The van der Waals surface area contributed by atoms with Crippen molar-refractivity contribution in [3.63, 3.8) is 0 Å². The maximum Gasteiger partial charge on any atom is 0.123 e. The summed E-state index contributed by atoms with van der Waals surface area (Å²) < 4.78 is 40.0. The molecule has 1 unspecified atom stereocenters. The SMILES string of the molecule is Cl.OC(CCCN1CCC(N(c2ccc(F)cc2)c2ccc(F)cc2)CC1)c1ccc(F)cc1. The standard InChI is InChI=1S/C27H29F3N2O.ClH/c28-21-5-3-20(4-6-21)27(33)2-1-17-31-18-15-26(16-19-31)32(24-11-7-22(29)8-12-24)25-13-9-23(30)10-14-25;/h3-14,26-27,33H,1-2,15-19H2;1H. The van der Waals surface area contributed by atoms with Gasteiger partial charge in [-0.15, -0.1) is 12.4 Å². The predicted octanol–water partition coefficient (Wildman–Crippen LogP) is 6.64. The Morgan fingerprint density at radius 2 is 1.21 bits per heavy atom. The monoisotopic (exact) mass is 490 g/mol. The molecule has 1 atom stereocenters. The van der Waals surface area contributed by atoms with E-state index in [9.17, 15) is 18.3 Å². The molecule has 34 heavy (non-hydrogen) atoms. The average molecular weight is 491 g/mol. The van der Waals surface area contributed by atoms with E-state index in [-0.39, 0.29) is 35.9 Å². The Kier molecular flexibility index (Phi) is 9.39. The molecule has 1 fully saturated rings. The zero-order valence-corrected chi connectivity index (χ0v) is 19.7. The smallest absolute Gasteiger partial charge is 0.123 e. The lowest BCUT2D eigenvalue weighted by Gasteiger charge is -2.40. The first kappa shape index (κ1) is 26.1. The summed E-state index contributed by atoms with van der Waals surface area (Å²) in [6.45, 7) is 2.71. The van der Waals surface area contributed by atoms with E-state index in [1.165, 1.54) is 36.4 Å². The fraction of sp³-hybridized carbons (Fsp3) is 0.333. The van der Waals surface area contributed by atoms with Crippen LogP contribution in [0.4, 0.5) is 24.5 Å². The van der Waals surface area contributed by atoms with Crippen LogP contribution in [-0.4, -0.2) is 35.7 Å². The van der Waals surface area contributed by atoms with Crippen molar-refractivity contribution in [1.29, 1.82) is 0 Å². The highest BCUT2D eigenvalue weighted by molar-refractivity contribution is 5.85. The summed E-state index contributed by atoms with van der Waals surface area (Å²) in [4.78, 5) is 4.57. The van der Waals surface area contributed by atoms with Gasteiger partial charge in [0.05, 0.1) is 6.10 Å². The van der Waals surface area contributed by atoms with Crippen LogP contribution in [0, 0.1) is 17.5 Å². The first-order chi connectivity index (χ1) is 16.0. The molecule has 3 aromatic rings. The molecule has 0 aromatic heterocycles. The summed E-state index contributed by atoms with van der Waals surface area (Å²) in [5, 5.41) is 10.3. The fourth-order valence-electron chi connectivity index (χ4n) is 4.54. The van der Waals surface area contributed by atoms with Crippen LogP contribution in [0.3, 0.4) is 0 Å². The molecule has 0 amide bonds. The molecule has 4 rings (SSSR count). The van der Waals surface area contributed by atoms with E-state index in [0.717, 1.165) is 55.8 Å². The van der Waals surface area contributed by atoms with Crippen LogP contribution in [0.15, 0.2) is 72.8 Å². The largest absolute Gasteiger partial charge is 0.388 e. The van der Waals surface area contributed by atoms with Gasteiger partial charge in [-0.1, -0.05) is 12.1 Å². The molecule has 3 aromatic carbocycles. The van der Waals surface area contributed by atoms with Crippen LogP contribution in [0.25, 0.3) is 0 Å². The summed E-state index contributed by atoms with van der Waals surface area (Å²) in [5.41, 5.74) is 2.53. The molecule has 0 aliphatic carbocycles. The molecule has 7 heteroatoms. The third kappa shape index (κ3) is 6.75. The summed E-state index contributed by atoms with van der Waals surface area (Å²) in [6.07, 6.45) is 2.74. The number of hydrogen-bond acceptors (Lipinski definition) is 3. The molecule has 1 aliphatic heterocycles. The molecule has 1 heterocycles. The van der Waals surface area contributed by atoms with Crippen molar-refractivity contribution in [3.8, 4) is 0 Å². The topological polar surface area (TPSA) is 26.7 Å². The Hall–Kier alpha value is -2.54. The number of piperidine rings is 1. The van der Waals surface area contributed by atoms with Gasteiger partial charge in [-0.2, -0.15) is 0 Å².